The molecule has 4 bridgehead atoms. The Morgan fingerprint density at radius 1 is 1.06 bits per heavy atom. The molecule has 1 aliphatic heterocycles. The second kappa shape index (κ2) is 8.17. The van der Waals surface area contributed by atoms with E-state index in [1.807, 2.05) is 18.2 Å². The summed E-state index contributed by atoms with van der Waals surface area (Å²) < 4.78 is 2.08. The van der Waals surface area contributed by atoms with Gasteiger partial charge in [-0.3, -0.25) is 19.3 Å². The van der Waals surface area contributed by atoms with Gasteiger partial charge < -0.3 is 10.2 Å². The van der Waals surface area contributed by atoms with Gasteiger partial charge in [-0.1, -0.05) is 6.07 Å². The fourth-order valence-electron chi connectivity index (χ4n) is 8.01. The Kier molecular flexibility index (Phi) is 5.04. The van der Waals surface area contributed by atoms with Gasteiger partial charge in [0.05, 0.1) is 17.7 Å². The average molecular weight is 474 g/mol. The molecular formula is C28H35N5O2. The highest BCUT2D eigenvalue weighted by Gasteiger charge is 2.55. The highest BCUT2D eigenvalue weighted by atomic mass is 16.2. The van der Waals surface area contributed by atoms with Crippen LogP contribution in [0.2, 0.25) is 0 Å². The summed E-state index contributed by atoms with van der Waals surface area (Å²) in [6.07, 6.45) is 12.3. The minimum atomic E-state index is -0.162. The quantitative estimate of drug-likeness (QED) is 0.694. The molecule has 0 saturated heterocycles. The van der Waals surface area contributed by atoms with Crippen molar-refractivity contribution in [2.75, 3.05) is 6.54 Å². The van der Waals surface area contributed by atoms with Crippen LogP contribution in [-0.4, -0.2) is 38.0 Å². The van der Waals surface area contributed by atoms with E-state index in [9.17, 15) is 9.59 Å². The fraction of sp³-hybridized carbons (Fsp3) is 0.643. The van der Waals surface area contributed by atoms with Gasteiger partial charge in [-0.05, 0) is 87.2 Å². The van der Waals surface area contributed by atoms with E-state index < -0.39 is 0 Å². The molecule has 2 aromatic rings. The lowest BCUT2D eigenvalue weighted by molar-refractivity contribution is -0.158. The molecule has 2 amide bonds. The highest BCUT2D eigenvalue weighted by Crippen LogP contribution is 2.60. The maximum Gasteiger partial charge on any atom is 0.272 e. The number of aromatic nitrogens is 3. The number of carbonyl (C=O) groups is 2. The van der Waals surface area contributed by atoms with Crippen LogP contribution in [0.1, 0.15) is 78.8 Å². The normalized spacial score (nSPS) is 30.9. The Balaban J connectivity index is 1.14. The predicted octanol–water partition coefficient (Wildman–Crippen LogP) is 3.72. The maximum atomic E-state index is 14.0. The number of carbonyl (C=O) groups excluding carboxylic acids is 2. The minimum Gasteiger partial charge on any atom is -0.345 e. The molecular weight excluding hydrogens is 438 g/mol. The summed E-state index contributed by atoms with van der Waals surface area (Å²) in [7, 11) is 0. The van der Waals surface area contributed by atoms with Crippen LogP contribution in [0.3, 0.4) is 0 Å². The lowest BCUT2D eigenvalue weighted by Crippen LogP contribution is -2.55. The zero-order valence-electron chi connectivity index (χ0n) is 20.4. The Hall–Kier alpha value is -2.70. The molecule has 7 heteroatoms. The summed E-state index contributed by atoms with van der Waals surface area (Å²) in [6.45, 7) is 2.53. The Labute approximate surface area is 206 Å². The molecule has 184 valence electrons. The first-order chi connectivity index (χ1) is 17.1. The van der Waals surface area contributed by atoms with Gasteiger partial charge >= 0.3 is 0 Å². The van der Waals surface area contributed by atoms with Crippen LogP contribution in [0.25, 0.3) is 0 Å². The van der Waals surface area contributed by atoms with Crippen molar-refractivity contribution in [2.24, 2.45) is 29.1 Å². The molecule has 5 saturated carbocycles. The van der Waals surface area contributed by atoms with Crippen molar-refractivity contribution in [1.82, 2.24) is 25.0 Å². The number of nitrogens with zero attached hydrogens (tertiary/aromatic N) is 4. The monoisotopic (exact) mass is 473 g/mol. The van der Waals surface area contributed by atoms with E-state index in [1.165, 1.54) is 32.1 Å². The van der Waals surface area contributed by atoms with Crippen LogP contribution in [-0.2, 0) is 30.8 Å². The number of nitrogens with one attached hydrogen (secondary N) is 1. The third kappa shape index (κ3) is 3.87. The Bertz CT molecular complexity index is 1120. The first-order valence-corrected chi connectivity index (χ1v) is 13.6. The molecule has 2 aromatic heterocycles. The third-order valence-corrected chi connectivity index (χ3v) is 9.41. The molecule has 1 N–H and O–H groups in total. The predicted molar refractivity (Wildman–Crippen MR) is 130 cm³/mol. The number of fused-ring (bicyclic) bond motifs is 1. The van der Waals surface area contributed by atoms with Crippen molar-refractivity contribution in [3.63, 3.8) is 0 Å². The zero-order chi connectivity index (χ0) is 23.6. The maximum absolute atomic E-state index is 14.0. The second-order valence-electron chi connectivity index (χ2n) is 12.1. The van der Waals surface area contributed by atoms with Crippen LogP contribution in [0.5, 0.6) is 0 Å². The molecule has 6 aliphatic rings. The molecule has 0 aromatic carbocycles. The van der Waals surface area contributed by atoms with Crippen molar-refractivity contribution >= 4 is 11.8 Å². The summed E-state index contributed by atoms with van der Waals surface area (Å²) in [5.41, 5.74) is 3.31. The summed E-state index contributed by atoms with van der Waals surface area (Å²) in [6, 6.07) is 5.71. The van der Waals surface area contributed by atoms with Gasteiger partial charge in [0.25, 0.3) is 5.91 Å². The van der Waals surface area contributed by atoms with Crippen LogP contribution in [0, 0.1) is 29.1 Å². The standard InChI is InChI=1S/C28H35N5O2/c34-26(30-15-22-3-1-2-7-29-22)25-23-17-32(8-6-24(23)33(31-25)16-18-4-5-18)27(35)28-12-19-9-20(13-28)11-21(10-19)14-28/h1-3,7,18-21H,4-6,8-17H2,(H,30,34). The fourth-order valence-corrected chi connectivity index (χ4v) is 8.01. The molecule has 5 aliphatic carbocycles. The van der Waals surface area contributed by atoms with E-state index >= 15 is 0 Å². The van der Waals surface area contributed by atoms with E-state index in [4.69, 9.17) is 5.10 Å². The lowest BCUT2D eigenvalue weighted by atomic mass is 9.49. The number of hydrogen-bond acceptors (Lipinski definition) is 4. The van der Waals surface area contributed by atoms with E-state index in [2.05, 4.69) is 19.9 Å². The van der Waals surface area contributed by atoms with Crippen LogP contribution in [0.15, 0.2) is 24.4 Å². The molecule has 0 spiro atoms. The highest BCUT2D eigenvalue weighted by molar-refractivity contribution is 5.94. The zero-order valence-corrected chi connectivity index (χ0v) is 20.4. The first kappa shape index (κ1) is 21.6. The Morgan fingerprint density at radius 2 is 1.80 bits per heavy atom. The van der Waals surface area contributed by atoms with Gasteiger partial charge in [0, 0.05) is 43.5 Å². The average Bonchev–Trinajstić information content (AvgIpc) is 3.61. The van der Waals surface area contributed by atoms with Crippen molar-refractivity contribution in [3.8, 4) is 0 Å². The van der Waals surface area contributed by atoms with Gasteiger partial charge in [0.1, 0.15) is 0 Å². The molecule has 0 atom stereocenters. The van der Waals surface area contributed by atoms with Crippen LogP contribution < -0.4 is 5.32 Å². The van der Waals surface area contributed by atoms with E-state index in [0.29, 0.717) is 30.6 Å². The summed E-state index contributed by atoms with van der Waals surface area (Å²) >= 11 is 0. The van der Waals surface area contributed by atoms with Gasteiger partial charge in [-0.15, -0.1) is 0 Å². The van der Waals surface area contributed by atoms with Gasteiger partial charge in [0.15, 0.2) is 5.69 Å². The van der Waals surface area contributed by atoms with Crippen molar-refractivity contribution in [1.29, 1.82) is 0 Å². The van der Waals surface area contributed by atoms with Gasteiger partial charge in [0.2, 0.25) is 5.91 Å². The SMILES string of the molecule is O=C(NCc1ccccn1)c1nn(CC2CC2)c2c1CN(C(=O)C13CC4CC(CC(C4)C1)C3)CC2. The molecule has 0 radical (unpaired) electrons. The van der Waals surface area contributed by atoms with Gasteiger partial charge in [-0.2, -0.15) is 5.10 Å². The van der Waals surface area contributed by atoms with Crippen molar-refractivity contribution < 1.29 is 9.59 Å². The summed E-state index contributed by atoms with van der Waals surface area (Å²) in [5.74, 6) is 3.12. The van der Waals surface area contributed by atoms with Crippen LogP contribution >= 0.6 is 0 Å². The van der Waals surface area contributed by atoms with Crippen LogP contribution in [0.4, 0.5) is 0 Å². The van der Waals surface area contributed by atoms with Gasteiger partial charge in [-0.25, -0.2) is 0 Å². The molecule has 8 rings (SSSR count). The van der Waals surface area contributed by atoms with Crippen molar-refractivity contribution in [2.45, 2.75) is 77.4 Å². The molecule has 0 unspecified atom stereocenters. The number of rotatable bonds is 6. The molecule has 35 heavy (non-hydrogen) atoms. The minimum absolute atomic E-state index is 0.141. The smallest absolute Gasteiger partial charge is 0.272 e. The van der Waals surface area contributed by atoms with E-state index in [0.717, 1.165) is 73.5 Å². The summed E-state index contributed by atoms with van der Waals surface area (Å²) in [4.78, 5) is 33.7. The second-order valence-corrected chi connectivity index (χ2v) is 12.1. The third-order valence-electron chi connectivity index (χ3n) is 9.41. The lowest BCUT2D eigenvalue weighted by Gasteiger charge is -2.56. The number of hydrogen-bond donors (Lipinski definition) is 1. The van der Waals surface area contributed by atoms with E-state index in [1.54, 1.807) is 6.20 Å². The largest absolute Gasteiger partial charge is 0.345 e. The molecule has 3 heterocycles. The molecule has 5 fully saturated rings. The first-order valence-electron chi connectivity index (χ1n) is 13.6. The Morgan fingerprint density at radius 3 is 2.46 bits per heavy atom. The van der Waals surface area contributed by atoms with Crippen molar-refractivity contribution in [3.05, 3.63) is 47.0 Å². The number of amides is 2. The topological polar surface area (TPSA) is 80.1 Å². The summed E-state index contributed by atoms with van der Waals surface area (Å²) in [5, 5.41) is 7.84. The van der Waals surface area contributed by atoms with E-state index in [-0.39, 0.29) is 11.3 Å². The number of pyridine rings is 1. The molecule has 7 nitrogen and oxygen atoms in total.